The molecule has 0 unspecified atom stereocenters. The third kappa shape index (κ3) is 5.17. The predicted molar refractivity (Wildman–Crippen MR) is 131 cm³/mol. The molecular weight excluding hydrogens is 456 g/mol. The average molecular weight is 483 g/mol. The van der Waals surface area contributed by atoms with E-state index in [0.717, 1.165) is 16.8 Å². The molecule has 0 aliphatic carbocycles. The van der Waals surface area contributed by atoms with Crippen LogP contribution >= 0.6 is 11.8 Å². The smallest absolute Gasteiger partial charge is 0.264 e. The number of amides is 1. The van der Waals surface area contributed by atoms with Crippen LogP contribution in [-0.4, -0.2) is 33.7 Å². The number of hydrogen-bond donors (Lipinski definition) is 1. The zero-order valence-electron chi connectivity index (χ0n) is 18.5. The summed E-state index contributed by atoms with van der Waals surface area (Å²) in [6, 6.07) is 21.6. The molecule has 0 aromatic heterocycles. The van der Waals surface area contributed by atoms with Crippen LogP contribution in [0.3, 0.4) is 0 Å². The van der Waals surface area contributed by atoms with Crippen molar-refractivity contribution in [1.82, 2.24) is 5.32 Å². The quantitative estimate of drug-likeness (QED) is 0.481. The summed E-state index contributed by atoms with van der Waals surface area (Å²) in [4.78, 5) is 13.7. The molecule has 6 nitrogen and oxygen atoms in total. The molecule has 172 valence electrons. The lowest BCUT2D eigenvalue weighted by Crippen LogP contribution is -2.31. The molecule has 1 heterocycles. The van der Waals surface area contributed by atoms with Gasteiger partial charge >= 0.3 is 0 Å². The lowest BCUT2D eigenvalue weighted by atomic mass is 10.1. The van der Waals surface area contributed by atoms with E-state index >= 15 is 0 Å². The van der Waals surface area contributed by atoms with Crippen LogP contribution in [0.1, 0.15) is 24.1 Å². The normalized spacial score (nSPS) is 13.9. The van der Waals surface area contributed by atoms with Gasteiger partial charge < -0.3 is 10.1 Å². The number of sulfonamides is 1. The van der Waals surface area contributed by atoms with Crippen molar-refractivity contribution in [2.45, 2.75) is 29.2 Å². The monoisotopic (exact) mass is 482 g/mol. The second kappa shape index (κ2) is 9.89. The average Bonchev–Trinajstić information content (AvgIpc) is 3.28. The van der Waals surface area contributed by atoms with E-state index < -0.39 is 10.0 Å². The Morgan fingerprint density at radius 3 is 2.45 bits per heavy atom. The van der Waals surface area contributed by atoms with Crippen molar-refractivity contribution in [2.24, 2.45) is 0 Å². The van der Waals surface area contributed by atoms with Gasteiger partial charge in [-0.25, -0.2) is 8.42 Å². The Morgan fingerprint density at radius 2 is 1.76 bits per heavy atom. The van der Waals surface area contributed by atoms with E-state index in [0.29, 0.717) is 18.7 Å². The highest BCUT2D eigenvalue weighted by Gasteiger charge is 2.30. The number of fused-ring (bicyclic) bond motifs is 1. The van der Waals surface area contributed by atoms with E-state index in [4.69, 9.17) is 4.74 Å². The second-order valence-corrected chi connectivity index (χ2v) is 10.5. The van der Waals surface area contributed by atoms with Crippen molar-refractivity contribution in [2.75, 3.05) is 23.7 Å². The zero-order chi connectivity index (χ0) is 23.4. The number of anilines is 1. The SMILES string of the molecule is CSc1ccc([C@H](C)NC(=O)COc2ccc(S(=O)(=O)N3CCc4ccccc43)cc2)cc1. The van der Waals surface area contributed by atoms with Crippen molar-refractivity contribution in [3.8, 4) is 5.75 Å². The van der Waals surface area contributed by atoms with Gasteiger partial charge in [0.2, 0.25) is 0 Å². The highest BCUT2D eigenvalue weighted by Crippen LogP contribution is 2.33. The number of carbonyl (C=O) groups excluding carboxylic acids is 1. The fraction of sp³-hybridized carbons (Fsp3) is 0.240. The summed E-state index contributed by atoms with van der Waals surface area (Å²) in [6.45, 7) is 2.19. The standard InChI is InChI=1S/C25H26N2O4S2/c1-18(19-7-11-22(32-2)12-8-19)26-25(28)17-31-21-9-13-23(14-10-21)33(29,30)27-16-15-20-5-3-4-6-24(20)27/h3-14,18H,15-17H2,1-2H3,(H,26,28)/t18-/m0/s1. The number of nitrogens with zero attached hydrogens (tertiary/aromatic N) is 1. The molecule has 1 N–H and O–H groups in total. The number of ether oxygens (including phenoxy) is 1. The minimum Gasteiger partial charge on any atom is -0.484 e. The summed E-state index contributed by atoms with van der Waals surface area (Å²) in [5.74, 6) is 0.185. The molecular formula is C25H26N2O4S2. The molecule has 1 aliphatic rings. The van der Waals surface area contributed by atoms with E-state index in [-0.39, 0.29) is 23.5 Å². The minimum atomic E-state index is -3.65. The Kier molecular flexibility index (Phi) is 6.95. The number of para-hydroxylation sites is 1. The first-order chi connectivity index (χ1) is 15.9. The van der Waals surface area contributed by atoms with Crippen molar-refractivity contribution in [1.29, 1.82) is 0 Å². The highest BCUT2D eigenvalue weighted by molar-refractivity contribution is 7.98. The van der Waals surface area contributed by atoms with Gasteiger partial charge in [-0.1, -0.05) is 30.3 Å². The maximum Gasteiger partial charge on any atom is 0.264 e. The Morgan fingerprint density at radius 1 is 1.06 bits per heavy atom. The topological polar surface area (TPSA) is 75.7 Å². The third-order valence-corrected chi connectivity index (χ3v) is 8.19. The maximum absolute atomic E-state index is 13.1. The highest BCUT2D eigenvalue weighted by atomic mass is 32.2. The summed E-state index contributed by atoms with van der Waals surface area (Å²) in [7, 11) is -3.65. The molecule has 33 heavy (non-hydrogen) atoms. The first-order valence-corrected chi connectivity index (χ1v) is 13.3. The molecule has 0 bridgehead atoms. The molecule has 8 heteroatoms. The largest absolute Gasteiger partial charge is 0.484 e. The summed E-state index contributed by atoms with van der Waals surface area (Å²) in [5, 5.41) is 2.91. The summed E-state index contributed by atoms with van der Waals surface area (Å²) in [6.07, 6.45) is 2.72. The van der Waals surface area contributed by atoms with E-state index in [1.807, 2.05) is 61.7 Å². The van der Waals surface area contributed by atoms with Crippen LogP contribution in [0.4, 0.5) is 5.69 Å². The number of benzene rings is 3. The van der Waals surface area contributed by atoms with Crippen LogP contribution in [0.2, 0.25) is 0 Å². The molecule has 1 atom stereocenters. The molecule has 0 saturated heterocycles. The van der Waals surface area contributed by atoms with E-state index in [1.165, 1.54) is 21.3 Å². The number of hydrogen-bond acceptors (Lipinski definition) is 5. The minimum absolute atomic E-state index is 0.145. The fourth-order valence-corrected chi connectivity index (χ4v) is 5.71. The van der Waals surface area contributed by atoms with Gasteiger partial charge in [-0.3, -0.25) is 9.10 Å². The summed E-state index contributed by atoms with van der Waals surface area (Å²) in [5.41, 5.74) is 2.77. The van der Waals surface area contributed by atoms with Gasteiger partial charge in [0.25, 0.3) is 15.9 Å². The van der Waals surface area contributed by atoms with Gasteiger partial charge in [-0.05, 0) is 73.2 Å². The zero-order valence-corrected chi connectivity index (χ0v) is 20.2. The van der Waals surface area contributed by atoms with Gasteiger partial charge in [-0.2, -0.15) is 0 Å². The van der Waals surface area contributed by atoms with Gasteiger partial charge in [-0.15, -0.1) is 11.8 Å². The van der Waals surface area contributed by atoms with E-state index in [9.17, 15) is 13.2 Å². The molecule has 1 aliphatic heterocycles. The van der Waals surface area contributed by atoms with Crippen LogP contribution in [0.5, 0.6) is 5.75 Å². The van der Waals surface area contributed by atoms with Crippen LogP contribution in [0.25, 0.3) is 0 Å². The van der Waals surface area contributed by atoms with Crippen LogP contribution < -0.4 is 14.4 Å². The lowest BCUT2D eigenvalue weighted by Gasteiger charge is -2.19. The first-order valence-electron chi connectivity index (χ1n) is 10.7. The Balaban J connectivity index is 1.34. The molecule has 0 saturated carbocycles. The lowest BCUT2D eigenvalue weighted by molar-refractivity contribution is -0.123. The number of nitrogens with one attached hydrogen (secondary N) is 1. The van der Waals surface area contributed by atoms with Crippen molar-refractivity contribution in [3.63, 3.8) is 0 Å². The number of rotatable bonds is 8. The third-order valence-electron chi connectivity index (χ3n) is 5.62. The van der Waals surface area contributed by atoms with Gasteiger partial charge in [0.1, 0.15) is 5.75 Å². The second-order valence-electron chi connectivity index (χ2n) is 7.78. The molecule has 3 aromatic carbocycles. The van der Waals surface area contributed by atoms with Crippen molar-refractivity contribution >= 4 is 33.4 Å². The molecule has 4 rings (SSSR count). The van der Waals surface area contributed by atoms with E-state index in [2.05, 4.69) is 5.32 Å². The number of carbonyl (C=O) groups is 1. The maximum atomic E-state index is 13.1. The fourth-order valence-electron chi connectivity index (χ4n) is 3.80. The van der Waals surface area contributed by atoms with Crippen molar-refractivity contribution in [3.05, 3.63) is 83.9 Å². The number of thioether (sulfide) groups is 1. The molecule has 0 fully saturated rings. The Hall–Kier alpha value is -2.97. The van der Waals surface area contributed by atoms with Crippen LogP contribution in [-0.2, 0) is 21.2 Å². The predicted octanol–water partition coefficient (Wildman–Crippen LogP) is 4.42. The molecule has 1 amide bonds. The van der Waals surface area contributed by atoms with Crippen LogP contribution in [0, 0.1) is 0 Å². The summed E-state index contributed by atoms with van der Waals surface area (Å²) < 4.78 is 33.2. The van der Waals surface area contributed by atoms with Gasteiger partial charge in [0, 0.05) is 11.4 Å². The van der Waals surface area contributed by atoms with E-state index in [1.54, 1.807) is 23.9 Å². The van der Waals surface area contributed by atoms with Crippen LogP contribution in [0.15, 0.2) is 82.6 Å². The summed E-state index contributed by atoms with van der Waals surface area (Å²) >= 11 is 1.67. The molecule has 0 radical (unpaired) electrons. The Bertz CT molecular complexity index is 1230. The molecule has 3 aromatic rings. The first kappa shape index (κ1) is 23.2. The van der Waals surface area contributed by atoms with Crippen molar-refractivity contribution < 1.29 is 17.9 Å². The Labute approximate surface area is 199 Å². The molecule has 0 spiro atoms. The van der Waals surface area contributed by atoms with Gasteiger partial charge in [0.05, 0.1) is 16.6 Å². The van der Waals surface area contributed by atoms with Gasteiger partial charge in [0.15, 0.2) is 6.61 Å².